The third kappa shape index (κ3) is 4.69. The molecule has 0 saturated heterocycles. The molecule has 2 aromatic carbocycles. The molecule has 7 heteroatoms. The minimum absolute atomic E-state index is 0.166. The molecular formula is C21H20ClNO4S. The van der Waals surface area contributed by atoms with Crippen LogP contribution in [0.3, 0.4) is 0 Å². The van der Waals surface area contributed by atoms with Crippen LogP contribution in [0.25, 0.3) is 11.0 Å². The average Bonchev–Trinajstić information content (AvgIpc) is 2.67. The van der Waals surface area contributed by atoms with E-state index < -0.39 is 5.63 Å². The molecule has 5 nitrogen and oxygen atoms in total. The number of benzene rings is 2. The lowest BCUT2D eigenvalue weighted by atomic mass is 10.1. The number of carbonyl (C=O) groups is 1. The van der Waals surface area contributed by atoms with Crippen molar-refractivity contribution in [2.24, 2.45) is 0 Å². The Balaban J connectivity index is 1.67. The topological polar surface area (TPSA) is 59.8 Å². The maximum absolute atomic E-state index is 12.4. The van der Waals surface area contributed by atoms with Gasteiger partial charge in [0.2, 0.25) is 0 Å². The number of nitrogens with zero attached hydrogens (tertiary/aromatic N) is 1. The molecule has 3 rings (SSSR count). The number of halogens is 1. The van der Waals surface area contributed by atoms with Crippen LogP contribution in [0.4, 0.5) is 0 Å². The predicted octanol–water partition coefficient (Wildman–Crippen LogP) is 4.51. The molecule has 0 N–H and O–H groups in total. The molecule has 0 fully saturated rings. The second-order valence-corrected chi connectivity index (χ2v) is 7.70. The van der Waals surface area contributed by atoms with Gasteiger partial charge in [-0.15, -0.1) is 11.8 Å². The number of fused-ring (bicyclic) bond motifs is 1. The highest BCUT2D eigenvalue weighted by Gasteiger charge is 2.14. The predicted molar refractivity (Wildman–Crippen MR) is 112 cm³/mol. The first-order chi connectivity index (χ1) is 13.4. The van der Waals surface area contributed by atoms with Crippen molar-refractivity contribution in [2.45, 2.75) is 18.4 Å². The maximum atomic E-state index is 12.4. The smallest absolute Gasteiger partial charge is 0.336 e. The summed E-state index contributed by atoms with van der Waals surface area (Å²) in [6.07, 6.45) is 2.02. The van der Waals surface area contributed by atoms with Crippen LogP contribution < -0.4 is 10.4 Å². The summed E-state index contributed by atoms with van der Waals surface area (Å²) in [6.45, 7) is 2.12. The fourth-order valence-electron chi connectivity index (χ4n) is 2.77. The van der Waals surface area contributed by atoms with Gasteiger partial charge >= 0.3 is 5.63 Å². The first kappa shape index (κ1) is 20.3. The second kappa shape index (κ2) is 8.71. The van der Waals surface area contributed by atoms with Crippen LogP contribution in [-0.2, 0) is 11.3 Å². The van der Waals surface area contributed by atoms with E-state index >= 15 is 0 Å². The van der Waals surface area contributed by atoms with E-state index in [9.17, 15) is 9.59 Å². The zero-order valence-corrected chi connectivity index (χ0v) is 17.4. The highest BCUT2D eigenvalue weighted by Crippen LogP contribution is 2.31. The van der Waals surface area contributed by atoms with E-state index in [0.717, 1.165) is 16.5 Å². The molecule has 1 amide bonds. The van der Waals surface area contributed by atoms with Gasteiger partial charge in [-0.1, -0.05) is 23.7 Å². The summed E-state index contributed by atoms with van der Waals surface area (Å²) in [5, 5.41) is 1.08. The number of thioether (sulfide) groups is 1. The quantitative estimate of drug-likeness (QED) is 0.436. The molecule has 0 aliphatic carbocycles. The van der Waals surface area contributed by atoms with Crippen molar-refractivity contribution in [3.05, 3.63) is 69.0 Å². The minimum atomic E-state index is -0.443. The molecule has 0 spiro atoms. The van der Waals surface area contributed by atoms with Crippen molar-refractivity contribution in [2.75, 3.05) is 19.9 Å². The standard InChI is InChI=1S/C21H20ClNO4S/c1-13-8-21(25)27-18-10-19(17(22)9-16(13)18)26-12-20(24)23(2)11-14-4-6-15(28-3)7-5-14/h4-10H,11-12H2,1-3H3. The molecule has 146 valence electrons. The summed E-state index contributed by atoms with van der Waals surface area (Å²) >= 11 is 7.94. The number of amides is 1. The Morgan fingerprint density at radius 3 is 2.61 bits per heavy atom. The number of ether oxygens (including phenoxy) is 1. The van der Waals surface area contributed by atoms with Crippen molar-refractivity contribution in [3.8, 4) is 5.75 Å². The van der Waals surface area contributed by atoms with E-state index in [0.29, 0.717) is 22.9 Å². The lowest BCUT2D eigenvalue weighted by Crippen LogP contribution is -2.31. The van der Waals surface area contributed by atoms with E-state index in [4.69, 9.17) is 20.8 Å². The van der Waals surface area contributed by atoms with E-state index in [-0.39, 0.29) is 12.5 Å². The Morgan fingerprint density at radius 2 is 1.93 bits per heavy atom. The monoisotopic (exact) mass is 417 g/mol. The number of likely N-dealkylation sites (N-methyl/N-ethyl adjacent to an activating group) is 1. The van der Waals surface area contributed by atoms with E-state index in [1.54, 1.807) is 42.8 Å². The zero-order chi connectivity index (χ0) is 20.3. The molecule has 1 aromatic heterocycles. The average molecular weight is 418 g/mol. The van der Waals surface area contributed by atoms with Crippen molar-refractivity contribution >= 4 is 40.2 Å². The molecule has 3 aromatic rings. The Kier molecular flexibility index (Phi) is 6.31. The van der Waals surface area contributed by atoms with Gasteiger partial charge in [0.05, 0.1) is 5.02 Å². The lowest BCUT2D eigenvalue weighted by Gasteiger charge is -2.18. The number of carbonyl (C=O) groups excluding carboxylic acids is 1. The third-order valence-corrected chi connectivity index (χ3v) is 5.40. The van der Waals surface area contributed by atoms with Crippen LogP contribution in [0.1, 0.15) is 11.1 Å². The summed E-state index contributed by atoms with van der Waals surface area (Å²) in [6, 6.07) is 12.7. The summed E-state index contributed by atoms with van der Waals surface area (Å²) in [5.74, 6) is 0.116. The molecule has 28 heavy (non-hydrogen) atoms. The van der Waals surface area contributed by atoms with Crippen molar-refractivity contribution in [1.82, 2.24) is 4.90 Å². The van der Waals surface area contributed by atoms with Gasteiger partial charge in [-0.3, -0.25) is 4.79 Å². The molecule has 0 aliphatic rings. The Hall–Kier alpha value is -2.44. The summed E-state index contributed by atoms with van der Waals surface area (Å²) in [4.78, 5) is 26.7. The van der Waals surface area contributed by atoms with Gasteiger partial charge in [0.25, 0.3) is 5.91 Å². The summed E-state index contributed by atoms with van der Waals surface area (Å²) in [5.41, 5.74) is 1.73. The largest absolute Gasteiger partial charge is 0.482 e. The van der Waals surface area contributed by atoms with Crippen LogP contribution in [0.15, 0.2) is 56.6 Å². The fraction of sp³-hybridized carbons (Fsp3) is 0.238. The normalized spacial score (nSPS) is 10.9. The van der Waals surface area contributed by atoms with Crippen molar-refractivity contribution in [1.29, 1.82) is 0 Å². The highest BCUT2D eigenvalue weighted by molar-refractivity contribution is 7.98. The van der Waals surface area contributed by atoms with Gasteiger partial charge in [0, 0.05) is 36.0 Å². The Labute approximate surface area is 172 Å². The van der Waals surface area contributed by atoms with Crippen molar-refractivity contribution in [3.63, 3.8) is 0 Å². The molecule has 0 bridgehead atoms. The SMILES string of the molecule is CSc1ccc(CN(C)C(=O)COc2cc3oc(=O)cc(C)c3cc2Cl)cc1. The van der Waals surface area contributed by atoms with Gasteiger partial charge < -0.3 is 14.1 Å². The van der Waals surface area contributed by atoms with Gasteiger partial charge in [-0.05, 0) is 42.5 Å². The summed E-state index contributed by atoms with van der Waals surface area (Å²) < 4.78 is 10.8. The molecule has 0 atom stereocenters. The van der Waals surface area contributed by atoms with Gasteiger partial charge in [0.15, 0.2) is 6.61 Å². The molecule has 1 heterocycles. The van der Waals surface area contributed by atoms with Crippen LogP contribution in [-0.4, -0.2) is 30.7 Å². The highest BCUT2D eigenvalue weighted by atomic mass is 35.5. The maximum Gasteiger partial charge on any atom is 0.336 e. The molecule has 0 unspecified atom stereocenters. The van der Waals surface area contributed by atoms with Gasteiger partial charge in [-0.2, -0.15) is 0 Å². The fourth-order valence-corrected chi connectivity index (χ4v) is 3.40. The number of hydrogen-bond donors (Lipinski definition) is 0. The van der Waals surface area contributed by atoms with E-state index in [2.05, 4.69) is 0 Å². The first-order valence-corrected chi connectivity index (χ1v) is 10.2. The lowest BCUT2D eigenvalue weighted by molar-refractivity contribution is -0.132. The number of hydrogen-bond acceptors (Lipinski definition) is 5. The number of aryl methyl sites for hydroxylation is 1. The van der Waals surface area contributed by atoms with Gasteiger partial charge in [0.1, 0.15) is 11.3 Å². The van der Waals surface area contributed by atoms with E-state index in [1.165, 1.54) is 11.0 Å². The third-order valence-electron chi connectivity index (χ3n) is 4.36. The minimum Gasteiger partial charge on any atom is -0.482 e. The van der Waals surface area contributed by atoms with Crippen LogP contribution in [0.5, 0.6) is 5.75 Å². The first-order valence-electron chi connectivity index (χ1n) is 8.61. The van der Waals surface area contributed by atoms with Crippen LogP contribution in [0, 0.1) is 6.92 Å². The zero-order valence-electron chi connectivity index (χ0n) is 15.8. The van der Waals surface area contributed by atoms with Crippen LogP contribution >= 0.6 is 23.4 Å². The van der Waals surface area contributed by atoms with Crippen molar-refractivity contribution < 1.29 is 13.9 Å². The van der Waals surface area contributed by atoms with Crippen LogP contribution in [0.2, 0.25) is 5.02 Å². The number of rotatable bonds is 6. The summed E-state index contributed by atoms with van der Waals surface area (Å²) in [7, 11) is 1.72. The Morgan fingerprint density at radius 1 is 1.21 bits per heavy atom. The molecule has 0 aliphatic heterocycles. The Bertz CT molecular complexity index is 1060. The second-order valence-electron chi connectivity index (χ2n) is 6.41. The van der Waals surface area contributed by atoms with E-state index in [1.807, 2.05) is 30.5 Å². The molecular weight excluding hydrogens is 398 g/mol. The molecule has 0 saturated carbocycles. The van der Waals surface area contributed by atoms with Gasteiger partial charge in [-0.25, -0.2) is 4.79 Å². The molecule has 0 radical (unpaired) electrons.